The van der Waals surface area contributed by atoms with E-state index < -0.39 is 17.4 Å². The van der Waals surface area contributed by atoms with Crippen molar-refractivity contribution in [3.8, 4) is 0 Å². The molecule has 0 spiro atoms. The van der Waals surface area contributed by atoms with Gasteiger partial charge in [-0.25, -0.2) is 9.18 Å². The Bertz CT molecular complexity index is 921. The zero-order valence-electron chi connectivity index (χ0n) is 15.8. The molecule has 0 unspecified atom stereocenters. The van der Waals surface area contributed by atoms with Crippen molar-refractivity contribution >= 4 is 35.1 Å². The topological polar surface area (TPSA) is 81.8 Å². The van der Waals surface area contributed by atoms with Gasteiger partial charge in [-0.1, -0.05) is 11.6 Å². The smallest absolute Gasteiger partial charge is 0.322 e. The van der Waals surface area contributed by atoms with E-state index >= 15 is 0 Å². The number of nitrogens with one attached hydrogen (secondary N) is 2. The van der Waals surface area contributed by atoms with Crippen LogP contribution in [0.15, 0.2) is 12.1 Å². The molecule has 2 saturated heterocycles. The lowest BCUT2D eigenvalue weighted by Crippen LogP contribution is -2.54. The first-order valence-electron chi connectivity index (χ1n) is 10.0. The van der Waals surface area contributed by atoms with Gasteiger partial charge in [0.2, 0.25) is 5.91 Å². The first kappa shape index (κ1) is 18.7. The van der Waals surface area contributed by atoms with Gasteiger partial charge in [0.05, 0.1) is 11.1 Å². The molecule has 2 N–H and O–H groups in total. The van der Waals surface area contributed by atoms with E-state index in [-0.39, 0.29) is 35.2 Å². The minimum absolute atomic E-state index is 0.0150. The van der Waals surface area contributed by atoms with Crippen molar-refractivity contribution in [3.05, 3.63) is 28.5 Å². The van der Waals surface area contributed by atoms with E-state index in [2.05, 4.69) is 15.5 Å². The van der Waals surface area contributed by atoms with Crippen LogP contribution in [-0.4, -0.2) is 54.0 Å². The summed E-state index contributed by atoms with van der Waals surface area (Å²) in [6, 6.07) is 2.79. The monoisotopic (exact) mass is 420 g/mol. The molecular formula is C20H22ClFN4O3. The fourth-order valence-electron chi connectivity index (χ4n) is 5.05. The highest BCUT2D eigenvalue weighted by atomic mass is 35.5. The first-order chi connectivity index (χ1) is 13.9. The Labute approximate surface area is 172 Å². The standard InChI is InChI=1S/C20H22ClFN4O3/c21-14-8-11-7-13-10-25(5-6-26(13)16(11)9-15(14)22)17(27)3-4-20(12-1-2-12)18(28)23-19(29)24-20/h8-9,12-13H,1-7,10H2,(H2,23,24,28,29)/t13-,20+/m1/s1. The highest BCUT2D eigenvalue weighted by Crippen LogP contribution is 2.44. The number of halogens is 2. The number of amides is 4. The van der Waals surface area contributed by atoms with E-state index in [0.29, 0.717) is 26.1 Å². The van der Waals surface area contributed by atoms with E-state index in [1.807, 2.05) is 4.90 Å². The maximum atomic E-state index is 13.9. The average Bonchev–Trinajstić information content (AvgIpc) is 3.42. The zero-order valence-corrected chi connectivity index (χ0v) is 16.6. The molecule has 1 saturated carbocycles. The van der Waals surface area contributed by atoms with Crippen LogP contribution in [-0.2, 0) is 16.0 Å². The molecule has 3 aliphatic heterocycles. The number of carbonyl (C=O) groups is 3. The molecule has 3 fully saturated rings. The third-order valence-corrected chi connectivity index (χ3v) is 6.99. The first-order valence-corrected chi connectivity index (χ1v) is 10.4. The van der Waals surface area contributed by atoms with E-state index in [9.17, 15) is 18.8 Å². The minimum atomic E-state index is -0.938. The van der Waals surface area contributed by atoms with Crippen LogP contribution in [0, 0.1) is 11.7 Å². The fourth-order valence-corrected chi connectivity index (χ4v) is 5.23. The van der Waals surface area contributed by atoms with Crippen LogP contribution in [0.2, 0.25) is 5.02 Å². The number of urea groups is 1. The van der Waals surface area contributed by atoms with Crippen LogP contribution >= 0.6 is 11.6 Å². The summed E-state index contributed by atoms with van der Waals surface area (Å²) in [6.07, 6.45) is 3.04. The molecule has 154 valence electrons. The number of hydrogen-bond donors (Lipinski definition) is 2. The van der Waals surface area contributed by atoms with Gasteiger partial charge in [0.25, 0.3) is 5.91 Å². The lowest BCUT2D eigenvalue weighted by Gasteiger charge is -2.39. The van der Waals surface area contributed by atoms with Crippen molar-refractivity contribution in [2.24, 2.45) is 5.92 Å². The van der Waals surface area contributed by atoms with E-state index in [1.165, 1.54) is 6.07 Å². The Kier molecular flexibility index (Phi) is 4.24. The molecule has 0 aromatic heterocycles. The van der Waals surface area contributed by atoms with Crippen molar-refractivity contribution in [3.63, 3.8) is 0 Å². The number of imide groups is 1. The van der Waals surface area contributed by atoms with Gasteiger partial charge >= 0.3 is 6.03 Å². The van der Waals surface area contributed by atoms with Gasteiger partial charge in [0.15, 0.2) is 0 Å². The number of fused-ring (bicyclic) bond motifs is 3. The van der Waals surface area contributed by atoms with Gasteiger partial charge in [0.1, 0.15) is 11.4 Å². The van der Waals surface area contributed by atoms with Gasteiger partial charge in [-0.05, 0) is 49.3 Å². The van der Waals surface area contributed by atoms with Crippen LogP contribution in [0.1, 0.15) is 31.2 Å². The van der Waals surface area contributed by atoms with Crippen LogP contribution in [0.3, 0.4) is 0 Å². The van der Waals surface area contributed by atoms with E-state index in [0.717, 1.165) is 30.5 Å². The number of hydrogen-bond acceptors (Lipinski definition) is 4. The van der Waals surface area contributed by atoms with E-state index in [1.54, 1.807) is 6.07 Å². The van der Waals surface area contributed by atoms with Gasteiger partial charge in [0, 0.05) is 31.7 Å². The van der Waals surface area contributed by atoms with Crippen molar-refractivity contribution in [1.29, 1.82) is 0 Å². The summed E-state index contributed by atoms with van der Waals surface area (Å²) < 4.78 is 13.9. The Hall–Kier alpha value is -2.35. The molecule has 9 heteroatoms. The fraction of sp³-hybridized carbons (Fsp3) is 0.550. The van der Waals surface area contributed by atoms with Crippen molar-refractivity contribution in [1.82, 2.24) is 15.5 Å². The molecule has 4 amide bonds. The molecule has 1 aromatic carbocycles. The van der Waals surface area contributed by atoms with Crippen molar-refractivity contribution < 1.29 is 18.8 Å². The molecule has 4 aliphatic rings. The molecule has 3 heterocycles. The number of rotatable bonds is 4. The highest BCUT2D eigenvalue weighted by Gasteiger charge is 2.55. The summed E-state index contributed by atoms with van der Waals surface area (Å²) in [5, 5.41) is 5.21. The van der Waals surface area contributed by atoms with Gasteiger partial charge in [-0.3, -0.25) is 14.9 Å². The maximum Gasteiger partial charge on any atom is 0.322 e. The molecule has 1 aromatic rings. The van der Waals surface area contributed by atoms with Crippen LogP contribution < -0.4 is 15.5 Å². The Morgan fingerprint density at radius 2 is 2.07 bits per heavy atom. The quantitative estimate of drug-likeness (QED) is 0.728. The van der Waals surface area contributed by atoms with Crippen LogP contribution in [0.5, 0.6) is 0 Å². The predicted octanol–water partition coefficient (Wildman–Crippen LogP) is 1.82. The van der Waals surface area contributed by atoms with Gasteiger partial charge < -0.3 is 15.1 Å². The number of piperazine rings is 1. The number of anilines is 1. The minimum Gasteiger partial charge on any atom is -0.364 e. The highest BCUT2D eigenvalue weighted by molar-refractivity contribution is 6.30. The summed E-state index contributed by atoms with van der Waals surface area (Å²) in [5.41, 5.74) is 0.933. The maximum absolute atomic E-state index is 13.9. The molecular weight excluding hydrogens is 399 g/mol. The molecule has 2 atom stereocenters. The number of nitrogens with zero attached hydrogens (tertiary/aromatic N) is 2. The second kappa shape index (κ2) is 6.58. The zero-order chi connectivity index (χ0) is 20.3. The van der Waals surface area contributed by atoms with Crippen molar-refractivity contribution in [2.45, 2.75) is 43.7 Å². The number of carbonyl (C=O) groups excluding carboxylic acids is 3. The Morgan fingerprint density at radius 3 is 2.76 bits per heavy atom. The van der Waals surface area contributed by atoms with Crippen molar-refractivity contribution in [2.75, 3.05) is 24.5 Å². The van der Waals surface area contributed by atoms with Gasteiger partial charge in [-0.2, -0.15) is 0 Å². The number of benzene rings is 1. The summed E-state index contributed by atoms with van der Waals surface area (Å²) in [6.45, 7) is 1.74. The third-order valence-electron chi connectivity index (χ3n) is 6.70. The summed E-state index contributed by atoms with van der Waals surface area (Å²) >= 11 is 5.92. The molecule has 0 radical (unpaired) electrons. The summed E-state index contributed by atoms with van der Waals surface area (Å²) in [5.74, 6) is -0.638. The Morgan fingerprint density at radius 1 is 1.28 bits per heavy atom. The second-order valence-electron chi connectivity index (χ2n) is 8.44. The molecule has 1 aliphatic carbocycles. The van der Waals surface area contributed by atoms with Gasteiger partial charge in [-0.15, -0.1) is 0 Å². The molecule has 5 rings (SSSR count). The van der Waals surface area contributed by atoms with E-state index in [4.69, 9.17) is 11.6 Å². The molecule has 29 heavy (non-hydrogen) atoms. The SMILES string of the molecule is O=C1NC(=O)[C@](CCC(=O)N2CCN3c4cc(F)c(Cl)cc4C[C@@H]3C2)(C2CC2)N1. The predicted molar refractivity (Wildman–Crippen MR) is 104 cm³/mol. The Balaban J connectivity index is 1.24. The summed E-state index contributed by atoms with van der Waals surface area (Å²) in [4.78, 5) is 40.8. The molecule has 0 bridgehead atoms. The molecule has 7 nitrogen and oxygen atoms in total. The summed E-state index contributed by atoms with van der Waals surface area (Å²) in [7, 11) is 0. The van der Waals surface area contributed by atoms with Crippen LogP contribution in [0.25, 0.3) is 0 Å². The average molecular weight is 421 g/mol. The lowest BCUT2D eigenvalue weighted by molar-refractivity contribution is -0.133. The van der Waals surface area contributed by atoms with Crippen LogP contribution in [0.4, 0.5) is 14.9 Å². The third kappa shape index (κ3) is 3.04. The lowest BCUT2D eigenvalue weighted by atomic mass is 9.87. The largest absolute Gasteiger partial charge is 0.364 e. The normalized spacial score (nSPS) is 28.1. The second-order valence-corrected chi connectivity index (χ2v) is 8.85.